The summed E-state index contributed by atoms with van der Waals surface area (Å²) in [5.41, 5.74) is 2.41. The second kappa shape index (κ2) is 12.0. The maximum Gasteiger partial charge on any atom is 0.242 e. The van der Waals surface area contributed by atoms with Gasteiger partial charge in [-0.15, -0.1) is 0 Å². The van der Waals surface area contributed by atoms with Crippen LogP contribution < -0.4 is 5.43 Å². The highest BCUT2D eigenvalue weighted by atomic mass is 16.5. The van der Waals surface area contributed by atoms with E-state index >= 15 is 0 Å². The molecule has 2 amide bonds. The van der Waals surface area contributed by atoms with Crippen molar-refractivity contribution in [2.45, 2.75) is 47.2 Å². The van der Waals surface area contributed by atoms with Crippen molar-refractivity contribution in [3.8, 4) is 0 Å². The molecule has 192 valence electrons. The van der Waals surface area contributed by atoms with Gasteiger partial charge in [0.1, 0.15) is 5.58 Å². The molecule has 36 heavy (non-hydrogen) atoms. The van der Waals surface area contributed by atoms with E-state index in [9.17, 15) is 14.4 Å². The average molecular weight is 493 g/mol. The van der Waals surface area contributed by atoms with E-state index in [0.717, 1.165) is 11.1 Å². The molecule has 0 aliphatic heterocycles. The summed E-state index contributed by atoms with van der Waals surface area (Å²) >= 11 is 0. The number of ether oxygens (including phenoxy) is 1. The van der Waals surface area contributed by atoms with Crippen molar-refractivity contribution >= 4 is 22.8 Å². The Morgan fingerprint density at radius 2 is 1.69 bits per heavy atom. The molecule has 0 fully saturated rings. The SMILES string of the molecule is COCCN(CC(=O)N(Cc1ccccc1)Cc1coc2ccc(C)cc2c1=O)C(=O)CC(C)(C)C. The molecular weight excluding hydrogens is 456 g/mol. The van der Waals surface area contributed by atoms with Crippen LogP contribution in [0.3, 0.4) is 0 Å². The molecule has 3 aromatic rings. The largest absolute Gasteiger partial charge is 0.464 e. The minimum atomic E-state index is -0.249. The predicted molar refractivity (Wildman–Crippen MR) is 140 cm³/mol. The Labute approximate surface area is 212 Å². The Balaban J connectivity index is 1.90. The summed E-state index contributed by atoms with van der Waals surface area (Å²) in [5, 5.41) is 0.488. The van der Waals surface area contributed by atoms with Crippen molar-refractivity contribution in [2.75, 3.05) is 26.8 Å². The lowest BCUT2D eigenvalue weighted by Gasteiger charge is -2.29. The molecule has 0 saturated carbocycles. The summed E-state index contributed by atoms with van der Waals surface area (Å²) in [7, 11) is 1.57. The van der Waals surface area contributed by atoms with Crippen molar-refractivity contribution in [2.24, 2.45) is 5.41 Å². The summed E-state index contributed by atoms with van der Waals surface area (Å²) in [4.78, 5) is 43.0. The van der Waals surface area contributed by atoms with Gasteiger partial charge in [-0.2, -0.15) is 0 Å². The van der Waals surface area contributed by atoms with E-state index in [1.54, 1.807) is 29.0 Å². The van der Waals surface area contributed by atoms with Gasteiger partial charge < -0.3 is 19.0 Å². The number of hydrogen-bond acceptors (Lipinski definition) is 5. The molecule has 1 aromatic heterocycles. The molecule has 2 aromatic carbocycles. The molecule has 0 radical (unpaired) electrons. The number of benzene rings is 2. The Hall–Kier alpha value is -3.45. The second-order valence-electron chi connectivity index (χ2n) is 10.4. The highest BCUT2D eigenvalue weighted by molar-refractivity contribution is 5.85. The molecule has 0 spiro atoms. The highest BCUT2D eigenvalue weighted by Gasteiger charge is 2.26. The normalized spacial score (nSPS) is 11.5. The third-order valence-corrected chi connectivity index (χ3v) is 5.86. The summed E-state index contributed by atoms with van der Waals surface area (Å²) in [6.07, 6.45) is 1.75. The Morgan fingerprint density at radius 1 is 0.972 bits per heavy atom. The van der Waals surface area contributed by atoms with Gasteiger partial charge in [-0.3, -0.25) is 14.4 Å². The van der Waals surface area contributed by atoms with Crippen LogP contribution in [0.4, 0.5) is 0 Å². The number of aryl methyl sites for hydroxylation is 1. The zero-order valence-electron chi connectivity index (χ0n) is 21.9. The van der Waals surface area contributed by atoms with Crippen molar-refractivity contribution in [3.05, 3.63) is 81.7 Å². The fraction of sp³-hybridized carbons (Fsp3) is 0.414. The second-order valence-corrected chi connectivity index (χ2v) is 10.4. The van der Waals surface area contributed by atoms with Crippen molar-refractivity contribution in [1.82, 2.24) is 9.80 Å². The fourth-order valence-corrected chi connectivity index (χ4v) is 3.96. The maximum atomic E-state index is 13.6. The zero-order valence-corrected chi connectivity index (χ0v) is 21.9. The molecule has 7 nitrogen and oxygen atoms in total. The maximum absolute atomic E-state index is 13.6. The molecule has 0 aliphatic carbocycles. The third-order valence-electron chi connectivity index (χ3n) is 5.86. The smallest absolute Gasteiger partial charge is 0.242 e. The van der Waals surface area contributed by atoms with Gasteiger partial charge in [0.25, 0.3) is 0 Å². The van der Waals surface area contributed by atoms with Gasteiger partial charge in [0.05, 0.1) is 36.9 Å². The minimum absolute atomic E-state index is 0.0749. The quantitative estimate of drug-likeness (QED) is 0.415. The summed E-state index contributed by atoms with van der Waals surface area (Å²) in [6.45, 7) is 8.81. The van der Waals surface area contributed by atoms with E-state index in [1.807, 2.05) is 64.1 Å². The summed E-state index contributed by atoms with van der Waals surface area (Å²) in [5.74, 6) is -0.353. The van der Waals surface area contributed by atoms with Gasteiger partial charge in [0, 0.05) is 26.6 Å². The van der Waals surface area contributed by atoms with Gasteiger partial charge >= 0.3 is 0 Å². The van der Waals surface area contributed by atoms with Crippen molar-refractivity contribution in [1.29, 1.82) is 0 Å². The monoisotopic (exact) mass is 492 g/mol. The van der Waals surface area contributed by atoms with Crippen LogP contribution in [-0.4, -0.2) is 48.4 Å². The van der Waals surface area contributed by atoms with Gasteiger partial charge in [-0.1, -0.05) is 62.7 Å². The number of rotatable bonds is 10. The first-order valence-corrected chi connectivity index (χ1v) is 12.2. The van der Waals surface area contributed by atoms with E-state index in [1.165, 1.54) is 6.26 Å². The Morgan fingerprint density at radius 3 is 2.36 bits per heavy atom. The summed E-state index contributed by atoms with van der Waals surface area (Å²) < 4.78 is 10.9. The van der Waals surface area contributed by atoms with Gasteiger partial charge in [0.15, 0.2) is 5.43 Å². The molecule has 1 heterocycles. The number of hydrogen-bond donors (Lipinski definition) is 0. The first kappa shape index (κ1) is 27.1. The van der Waals surface area contributed by atoms with Gasteiger partial charge in [-0.05, 0) is 30.0 Å². The van der Waals surface area contributed by atoms with Crippen LogP contribution >= 0.6 is 0 Å². The van der Waals surface area contributed by atoms with E-state index in [2.05, 4.69) is 0 Å². The molecule has 0 N–H and O–H groups in total. The zero-order chi connectivity index (χ0) is 26.3. The molecule has 7 heteroatoms. The number of fused-ring (bicyclic) bond motifs is 1. The van der Waals surface area contributed by atoms with Crippen LogP contribution in [0.15, 0.2) is 64.0 Å². The number of carbonyl (C=O) groups is 2. The van der Waals surface area contributed by atoms with E-state index in [-0.39, 0.29) is 35.7 Å². The van der Waals surface area contributed by atoms with Crippen LogP contribution in [-0.2, 0) is 27.4 Å². The topological polar surface area (TPSA) is 80.1 Å². The van der Waals surface area contributed by atoms with Crippen LogP contribution in [0.2, 0.25) is 0 Å². The van der Waals surface area contributed by atoms with E-state index in [4.69, 9.17) is 9.15 Å². The third kappa shape index (κ3) is 7.52. The molecular formula is C29H36N2O5. The van der Waals surface area contributed by atoms with Crippen LogP contribution in [0.5, 0.6) is 0 Å². The van der Waals surface area contributed by atoms with Crippen LogP contribution in [0.1, 0.15) is 43.9 Å². The van der Waals surface area contributed by atoms with Crippen LogP contribution in [0, 0.1) is 12.3 Å². The van der Waals surface area contributed by atoms with Gasteiger partial charge in [-0.25, -0.2) is 0 Å². The number of amides is 2. The van der Waals surface area contributed by atoms with Crippen molar-refractivity contribution in [3.63, 3.8) is 0 Å². The van der Waals surface area contributed by atoms with E-state index < -0.39 is 0 Å². The van der Waals surface area contributed by atoms with E-state index in [0.29, 0.717) is 42.6 Å². The van der Waals surface area contributed by atoms with Crippen molar-refractivity contribution < 1.29 is 18.7 Å². The first-order valence-electron chi connectivity index (χ1n) is 12.2. The lowest BCUT2D eigenvalue weighted by Crippen LogP contribution is -2.44. The number of nitrogens with zero attached hydrogens (tertiary/aromatic N) is 2. The minimum Gasteiger partial charge on any atom is -0.464 e. The molecule has 3 rings (SSSR count). The average Bonchev–Trinajstić information content (AvgIpc) is 2.82. The summed E-state index contributed by atoms with van der Waals surface area (Å²) in [6, 6.07) is 15.0. The van der Waals surface area contributed by atoms with Gasteiger partial charge in [0.2, 0.25) is 11.8 Å². The molecule has 0 saturated heterocycles. The fourth-order valence-electron chi connectivity index (χ4n) is 3.96. The molecule has 0 unspecified atom stereocenters. The Kier molecular flexibility index (Phi) is 9.04. The standard InChI is InChI=1S/C29H36N2O5/c1-21-11-12-25-24(15-21)28(34)23(20-36-25)18-31(17-22-9-7-6-8-10-22)27(33)19-30(13-14-35-5)26(32)16-29(2,3)4/h6-12,15,20H,13-14,16-19H2,1-5H3. The van der Waals surface area contributed by atoms with Crippen LogP contribution in [0.25, 0.3) is 11.0 Å². The molecule has 0 atom stereocenters. The molecule has 0 aliphatic rings. The Bertz CT molecular complexity index is 1240. The molecule has 0 bridgehead atoms. The number of carbonyl (C=O) groups excluding carboxylic acids is 2. The lowest BCUT2D eigenvalue weighted by atomic mass is 9.91. The predicted octanol–water partition coefficient (Wildman–Crippen LogP) is 4.54. The first-order chi connectivity index (χ1) is 17.1. The lowest BCUT2D eigenvalue weighted by molar-refractivity contribution is -0.142. The number of methoxy groups -OCH3 is 1. The highest BCUT2D eigenvalue weighted by Crippen LogP contribution is 2.20.